The van der Waals surface area contributed by atoms with Crippen LogP contribution in [-0.2, 0) is 24.1 Å². The third kappa shape index (κ3) is 6.13. The van der Waals surface area contributed by atoms with Crippen LogP contribution in [-0.4, -0.2) is 53.4 Å². The summed E-state index contributed by atoms with van der Waals surface area (Å²) in [5, 5.41) is 0. The van der Waals surface area contributed by atoms with Gasteiger partial charge < -0.3 is 14.2 Å². The van der Waals surface area contributed by atoms with Gasteiger partial charge in [-0.15, -0.1) is 0 Å². The molecular formula is C24H25F3N4O2. The molecule has 1 aliphatic rings. The van der Waals surface area contributed by atoms with E-state index in [0.29, 0.717) is 45.1 Å². The first-order valence-electron chi connectivity index (χ1n) is 10.7. The van der Waals surface area contributed by atoms with Crippen molar-refractivity contribution in [3.05, 3.63) is 83.9 Å². The minimum atomic E-state index is -4.40. The van der Waals surface area contributed by atoms with Crippen LogP contribution in [0.2, 0.25) is 0 Å². The number of hydrogen-bond donors (Lipinski definition) is 0. The number of nitrogens with zero attached hydrogens (tertiary/aromatic N) is 4. The highest BCUT2D eigenvalue weighted by Gasteiger charge is 2.31. The molecule has 0 aliphatic carbocycles. The van der Waals surface area contributed by atoms with Crippen LogP contribution < -0.4 is 4.90 Å². The zero-order valence-corrected chi connectivity index (χ0v) is 18.0. The predicted octanol–water partition coefficient (Wildman–Crippen LogP) is 4.04. The number of carbonyl (C=O) groups is 1. The lowest BCUT2D eigenvalue weighted by Gasteiger charge is -2.36. The van der Waals surface area contributed by atoms with Gasteiger partial charge in [0.1, 0.15) is 11.6 Å². The lowest BCUT2D eigenvalue weighted by atomic mass is 10.2. The number of benzene rings is 1. The summed E-state index contributed by atoms with van der Waals surface area (Å²) in [5.41, 5.74) is 0.279. The third-order valence-electron chi connectivity index (χ3n) is 5.63. The lowest BCUT2D eigenvalue weighted by molar-refractivity contribution is -0.137. The summed E-state index contributed by atoms with van der Waals surface area (Å²) in [7, 11) is 0. The highest BCUT2D eigenvalue weighted by molar-refractivity contribution is 5.78. The van der Waals surface area contributed by atoms with Crippen molar-refractivity contribution in [2.75, 3.05) is 37.6 Å². The maximum atomic E-state index is 13.1. The Kier molecular flexibility index (Phi) is 6.98. The van der Waals surface area contributed by atoms with E-state index in [2.05, 4.69) is 9.88 Å². The van der Waals surface area contributed by atoms with Crippen molar-refractivity contribution < 1.29 is 22.4 Å². The Morgan fingerprint density at radius 3 is 2.33 bits per heavy atom. The van der Waals surface area contributed by atoms with Gasteiger partial charge in [-0.2, -0.15) is 13.2 Å². The van der Waals surface area contributed by atoms with Crippen LogP contribution >= 0.6 is 0 Å². The molecule has 0 spiro atoms. The molecule has 1 amide bonds. The molecule has 0 N–H and O–H groups in total. The summed E-state index contributed by atoms with van der Waals surface area (Å²) >= 11 is 0. The highest BCUT2D eigenvalue weighted by Crippen LogP contribution is 2.29. The molecule has 9 heteroatoms. The Balaban J connectivity index is 1.34. The normalized spacial score (nSPS) is 14.9. The molecule has 174 valence electrons. The van der Waals surface area contributed by atoms with E-state index in [0.717, 1.165) is 23.6 Å². The molecular weight excluding hydrogens is 433 g/mol. The molecule has 4 rings (SSSR count). The number of pyridine rings is 1. The van der Waals surface area contributed by atoms with Crippen LogP contribution in [0.25, 0.3) is 0 Å². The first kappa shape index (κ1) is 22.8. The number of halogens is 3. The van der Waals surface area contributed by atoms with E-state index in [-0.39, 0.29) is 12.5 Å². The standard InChI is InChI=1S/C24H25F3N4O2/c25-24(26,27)20-8-9-22(28-15-20)30-12-10-29(11-13-30)18-23(32)31(17-21-7-4-14-33-21)16-19-5-2-1-3-6-19/h1-9,14-15H,10-13,16-18H2. The zero-order valence-electron chi connectivity index (χ0n) is 18.0. The van der Waals surface area contributed by atoms with Gasteiger partial charge in [-0.25, -0.2) is 4.98 Å². The minimum absolute atomic E-state index is 0.00337. The van der Waals surface area contributed by atoms with E-state index < -0.39 is 11.7 Å². The summed E-state index contributed by atoms with van der Waals surface area (Å²) in [6.45, 7) is 3.54. The maximum Gasteiger partial charge on any atom is 0.417 e. The maximum absolute atomic E-state index is 13.1. The molecule has 6 nitrogen and oxygen atoms in total. The average molecular weight is 458 g/mol. The van der Waals surface area contributed by atoms with Crippen molar-refractivity contribution in [3.63, 3.8) is 0 Å². The Morgan fingerprint density at radius 2 is 1.73 bits per heavy atom. The second-order valence-corrected chi connectivity index (χ2v) is 7.98. The van der Waals surface area contributed by atoms with Gasteiger partial charge in [-0.3, -0.25) is 9.69 Å². The second-order valence-electron chi connectivity index (χ2n) is 7.98. The van der Waals surface area contributed by atoms with E-state index in [1.807, 2.05) is 41.3 Å². The average Bonchev–Trinajstić information content (AvgIpc) is 3.33. The van der Waals surface area contributed by atoms with Crippen LogP contribution in [0.5, 0.6) is 0 Å². The zero-order chi connectivity index (χ0) is 23.3. The van der Waals surface area contributed by atoms with Crippen LogP contribution in [0.15, 0.2) is 71.5 Å². The first-order valence-corrected chi connectivity index (χ1v) is 10.7. The Labute approximate surface area is 190 Å². The molecule has 1 aromatic carbocycles. The summed E-state index contributed by atoms with van der Waals surface area (Å²) in [5.74, 6) is 1.23. The van der Waals surface area contributed by atoms with E-state index in [1.165, 1.54) is 6.07 Å². The number of carbonyl (C=O) groups excluding carboxylic acids is 1. The Bertz CT molecular complexity index is 1020. The van der Waals surface area contributed by atoms with Crippen molar-refractivity contribution >= 4 is 11.7 Å². The minimum Gasteiger partial charge on any atom is -0.467 e. The van der Waals surface area contributed by atoms with Gasteiger partial charge in [0, 0.05) is 38.9 Å². The fraction of sp³-hybridized carbons (Fsp3) is 0.333. The van der Waals surface area contributed by atoms with Crippen LogP contribution in [0.3, 0.4) is 0 Å². The van der Waals surface area contributed by atoms with Crippen molar-refractivity contribution in [1.82, 2.24) is 14.8 Å². The number of piperazine rings is 1. The van der Waals surface area contributed by atoms with E-state index >= 15 is 0 Å². The molecule has 0 atom stereocenters. The monoisotopic (exact) mass is 458 g/mol. The quantitative estimate of drug-likeness (QED) is 0.535. The van der Waals surface area contributed by atoms with Crippen LogP contribution in [0.4, 0.5) is 19.0 Å². The van der Waals surface area contributed by atoms with Gasteiger partial charge in [-0.05, 0) is 29.8 Å². The molecule has 0 saturated carbocycles. The molecule has 0 unspecified atom stereocenters. The summed E-state index contributed by atoms with van der Waals surface area (Å²) < 4.78 is 43.7. The fourth-order valence-electron chi connectivity index (χ4n) is 3.79. The van der Waals surface area contributed by atoms with Crippen molar-refractivity contribution in [3.8, 4) is 0 Å². The molecule has 1 fully saturated rings. The molecule has 0 bridgehead atoms. The van der Waals surface area contributed by atoms with E-state index in [9.17, 15) is 18.0 Å². The van der Waals surface area contributed by atoms with Gasteiger partial charge in [0.05, 0.1) is 24.9 Å². The molecule has 3 aromatic rings. The molecule has 33 heavy (non-hydrogen) atoms. The first-order chi connectivity index (χ1) is 15.9. The largest absolute Gasteiger partial charge is 0.467 e. The number of hydrogen-bond acceptors (Lipinski definition) is 5. The highest BCUT2D eigenvalue weighted by atomic mass is 19.4. The SMILES string of the molecule is O=C(CN1CCN(c2ccc(C(F)(F)F)cn2)CC1)N(Cc1ccccc1)Cc1ccco1. The Morgan fingerprint density at radius 1 is 0.970 bits per heavy atom. The van der Waals surface area contributed by atoms with Crippen LogP contribution in [0, 0.1) is 0 Å². The number of furan rings is 1. The fourth-order valence-corrected chi connectivity index (χ4v) is 3.79. The number of aromatic nitrogens is 1. The molecule has 3 heterocycles. The summed E-state index contributed by atoms with van der Waals surface area (Å²) in [6.07, 6.45) is -1.94. The summed E-state index contributed by atoms with van der Waals surface area (Å²) in [6, 6.07) is 15.9. The molecule has 1 saturated heterocycles. The second kappa shape index (κ2) is 10.1. The van der Waals surface area contributed by atoms with E-state index in [4.69, 9.17) is 4.42 Å². The summed E-state index contributed by atoms with van der Waals surface area (Å²) in [4.78, 5) is 22.9. The van der Waals surface area contributed by atoms with Gasteiger partial charge >= 0.3 is 6.18 Å². The predicted molar refractivity (Wildman–Crippen MR) is 117 cm³/mol. The van der Waals surface area contributed by atoms with Crippen molar-refractivity contribution in [2.45, 2.75) is 19.3 Å². The molecule has 0 radical (unpaired) electrons. The number of rotatable bonds is 7. The van der Waals surface area contributed by atoms with Crippen molar-refractivity contribution in [2.24, 2.45) is 0 Å². The topological polar surface area (TPSA) is 52.8 Å². The smallest absolute Gasteiger partial charge is 0.417 e. The molecule has 2 aromatic heterocycles. The third-order valence-corrected chi connectivity index (χ3v) is 5.63. The van der Waals surface area contributed by atoms with Gasteiger partial charge in [0.25, 0.3) is 0 Å². The van der Waals surface area contributed by atoms with Gasteiger partial charge in [0.15, 0.2) is 0 Å². The van der Waals surface area contributed by atoms with E-state index in [1.54, 1.807) is 17.2 Å². The van der Waals surface area contributed by atoms with Gasteiger partial charge in [-0.1, -0.05) is 30.3 Å². The van der Waals surface area contributed by atoms with Crippen molar-refractivity contribution in [1.29, 1.82) is 0 Å². The number of amides is 1. The lowest BCUT2D eigenvalue weighted by Crippen LogP contribution is -2.50. The van der Waals surface area contributed by atoms with Crippen LogP contribution in [0.1, 0.15) is 16.9 Å². The Hall–Kier alpha value is -3.33. The van der Waals surface area contributed by atoms with Gasteiger partial charge in [0.2, 0.25) is 5.91 Å². The number of anilines is 1. The molecule has 1 aliphatic heterocycles. The number of alkyl halides is 3.